The third-order valence-corrected chi connectivity index (χ3v) is 2.35. The Morgan fingerprint density at radius 3 is 1.79 bits per heavy atom. The van der Waals surface area contributed by atoms with Crippen molar-refractivity contribution in [3.8, 4) is 0 Å². The van der Waals surface area contributed by atoms with Crippen LogP contribution in [0, 0.1) is 5.41 Å². The van der Waals surface area contributed by atoms with Crippen LogP contribution in [0.5, 0.6) is 0 Å². The maximum absolute atomic E-state index is 11.3. The topological polar surface area (TPSA) is 46.2 Å². The minimum atomic E-state index is -0.383. The second-order valence-electron chi connectivity index (χ2n) is 5.18. The fourth-order valence-electron chi connectivity index (χ4n) is 1.75. The van der Waals surface area contributed by atoms with E-state index in [9.17, 15) is 9.59 Å². The molecule has 0 aliphatic heterocycles. The van der Waals surface area contributed by atoms with Crippen LogP contribution in [0.15, 0.2) is 0 Å². The van der Waals surface area contributed by atoms with Crippen molar-refractivity contribution in [3.05, 3.63) is 0 Å². The van der Waals surface area contributed by atoms with E-state index in [1.807, 2.05) is 27.7 Å². The molecule has 0 radical (unpaired) electrons. The molecule has 0 unspecified atom stereocenters. The summed E-state index contributed by atoms with van der Waals surface area (Å²) in [5.41, 5.74) is -0.715. The van der Waals surface area contributed by atoms with Crippen molar-refractivity contribution in [3.63, 3.8) is 0 Å². The highest BCUT2D eigenvalue weighted by atomic mass is 16.1. The van der Waals surface area contributed by atoms with Crippen molar-refractivity contribution >= 4 is 11.7 Å². The molecule has 1 amide bonds. The van der Waals surface area contributed by atoms with Crippen molar-refractivity contribution < 1.29 is 9.59 Å². The Labute approximate surface area is 86.3 Å². The van der Waals surface area contributed by atoms with Gasteiger partial charge in [-0.3, -0.25) is 9.59 Å². The molecule has 3 heteroatoms. The molecule has 0 fully saturated rings. The van der Waals surface area contributed by atoms with Crippen LogP contribution in [-0.4, -0.2) is 17.2 Å². The number of hydrogen-bond donors (Lipinski definition) is 1. The third kappa shape index (κ3) is 4.40. The Morgan fingerprint density at radius 1 is 1.07 bits per heavy atom. The van der Waals surface area contributed by atoms with Crippen molar-refractivity contribution in [2.45, 2.75) is 53.5 Å². The highest BCUT2D eigenvalue weighted by Crippen LogP contribution is 2.28. The van der Waals surface area contributed by atoms with Crippen LogP contribution in [-0.2, 0) is 9.59 Å². The highest BCUT2D eigenvalue weighted by molar-refractivity contribution is 5.81. The second kappa shape index (κ2) is 4.11. The lowest BCUT2D eigenvalue weighted by Gasteiger charge is -2.33. The zero-order valence-electron chi connectivity index (χ0n) is 10.0. The first-order valence-corrected chi connectivity index (χ1v) is 4.87. The Bertz CT molecular complexity index is 242. The molecule has 0 aliphatic carbocycles. The number of ketones is 1. The Hall–Kier alpha value is -0.860. The summed E-state index contributed by atoms with van der Waals surface area (Å²) in [5.74, 6) is 0.0882. The Morgan fingerprint density at radius 2 is 1.50 bits per heavy atom. The summed E-state index contributed by atoms with van der Waals surface area (Å²) < 4.78 is 0. The smallest absolute Gasteiger partial charge is 0.217 e. The summed E-state index contributed by atoms with van der Waals surface area (Å²) in [6.07, 6.45) is 0.648. The van der Waals surface area contributed by atoms with Crippen LogP contribution in [0.2, 0.25) is 0 Å². The van der Waals surface area contributed by atoms with Crippen LogP contribution in [0.1, 0.15) is 48.0 Å². The van der Waals surface area contributed by atoms with E-state index < -0.39 is 0 Å². The lowest BCUT2D eigenvalue weighted by molar-refractivity contribution is -0.127. The summed E-state index contributed by atoms with van der Waals surface area (Å²) >= 11 is 0. The number of carbonyl (C=O) groups excluding carboxylic acids is 2. The van der Waals surface area contributed by atoms with Crippen molar-refractivity contribution in [1.82, 2.24) is 5.32 Å². The van der Waals surface area contributed by atoms with Gasteiger partial charge in [-0.15, -0.1) is 0 Å². The van der Waals surface area contributed by atoms with Crippen molar-refractivity contribution in [1.29, 1.82) is 0 Å². The lowest BCUT2D eigenvalue weighted by Crippen LogP contribution is -2.46. The maximum atomic E-state index is 11.3. The van der Waals surface area contributed by atoms with E-state index in [-0.39, 0.29) is 22.6 Å². The lowest BCUT2D eigenvalue weighted by atomic mass is 9.77. The van der Waals surface area contributed by atoms with Crippen LogP contribution in [0.3, 0.4) is 0 Å². The van der Waals surface area contributed by atoms with Crippen LogP contribution in [0.25, 0.3) is 0 Å². The first kappa shape index (κ1) is 13.1. The van der Waals surface area contributed by atoms with Crippen LogP contribution >= 0.6 is 0 Å². The van der Waals surface area contributed by atoms with E-state index in [4.69, 9.17) is 0 Å². The minimum Gasteiger partial charge on any atom is -0.351 e. The zero-order chi connectivity index (χ0) is 11.6. The first-order chi connectivity index (χ1) is 6.07. The number of hydrogen-bond acceptors (Lipinski definition) is 2. The van der Waals surface area contributed by atoms with Gasteiger partial charge in [-0.1, -0.05) is 13.8 Å². The van der Waals surface area contributed by atoms with Gasteiger partial charge in [-0.05, 0) is 27.2 Å². The number of carbonyl (C=O) groups is 2. The molecule has 0 atom stereocenters. The molecular weight excluding hydrogens is 178 g/mol. The molecule has 0 aromatic heterocycles. The normalized spacial score (nSPS) is 12.4. The highest BCUT2D eigenvalue weighted by Gasteiger charge is 2.32. The molecule has 1 N–H and O–H groups in total. The third-order valence-electron chi connectivity index (χ3n) is 2.35. The molecule has 0 bridgehead atoms. The Balaban J connectivity index is 4.49. The van der Waals surface area contributed by atoms with Gasteiger partial charge in [0.05, 0.1) is 0 Å². The van der Waals surface area contributed by atoms with Gasteiger partial charge in [0.15, 0.2) is 0 Å². The zero-order valence-corrected chi connectivity index (χ0v) is 10.0. The van der Waals surface area contributed by atoms with E-state index in [0.29, 0.717) is 6.42 Å². The SMILES string of the molecule is CC(=O)NC(C)(C)CC(C)(C)C(C)=O. The van der Waals surface area contributed by atoms with E-state index in [1.54, 1.807) is 6.92 Å². The summed E-state index contributed by atoms with van der Waals surface area (Å²) in [6.45, 7) is 10.7. The molecule has 0 aromatic carbocycles. The van der Waals surface area contributed by atoms with E-state index in [1.165, 1.54) is 6.92 Å². The van der Waals surface area contributed by atoms with Crippen LogP contribution in [0.4, 0.5) is 0 Å². The monoisotopic (exact) mass is 199 g/mol. The first-order valence-electron chi connectivity index (χ1n) is 4.87. The molecule has 0 aliphatic rings. The summed E-state index contributed by atoms with van der Waals surface area (Å²) in [5, 5.41) is 2.84. The molecule has 82 valence electrons. The second-order valence-corrected chi connectivity index (χ2v) is 5.18. The van der Waals surface area contributed by atoms with Gasteiger partial charge in [0.25, 0.3) is 0 Å². The molecule has 0 rings (SSSR count). The van der Waals surface area contributed by atoms with E-state index in [2.05, 4.69) is 5.32 Å². The molecule has 3 nitrogen and oxygen atoms in total. The van der Waals surface area contributed by atoms with E-state index in [0.717, 1.165) is 0 Å². The largest absolute Gasteiger partial charge is 0.351 e. The van der Waals surface area contributed by atoms with Gasteiger partial charge in [0, 0.05) is 17.9 Å². The Kier molecular flexibility index (Phi) is 3.86. The van der Waals surface area contributed by atoms with Crippen molar-refractivity contribution in [2.24, 2.45) is 5.41 Å². The molecular formula is C11H21NO2. The molecule has 0 saturated heterocycles. The summed E-state index contributed by atoms with van der Waals surface area (Å²) in [6, 6.07) is 0. The molecule has 0 spiro atoms. The predicted octanol–water partition coefficient (Wildman–Crippen LogP) is 1.91. The number of rotatable bonds is 4. The summed E-state index contributed by atoms with van der Waals surface area (Å²) in [4.78, 5) is 22.2. The fraction of sp³-hybridized carbons (Fsp3) is 0.818. The average molecular weight is 199 g/mol. The predicted molar refractivity (Wildman–Crippen MR) is 57.0 cm³/mol. The maximum Gasteiger partial charge on any atom is 0.217 e. The minimum absolute atomic E-state index is 0.0608. The average Bonchev–Trinajstić information content (AvgIpc) is 1.79. The standard InChI is InChI=1S/C11H21NO2/c1-8(13)10(3,4)7-11(5,6)12-9(2)14/h7H2,1-6H3,(H,12,14). The number of Topliss-reactive ketones (excluding diaryl/α,β-unsaturated/α-hetero) is 1. The van der Waals surface area contributed by atoms with Gasteiger partial charge in [0.2, 0.25) is 5.91 Å². The quantitative estimate of drug-likeness (QED) is 0.751. The molecule has 0 saturated carbocycles. The van der Waals surface area contributed by atoms with Gasteiger partial charge in [-0.25, -0.2) is 0 Å². The van der Waals surface area contributed by atoms with E-state index >= 15 is 0 Å². The van der Waals surface area contributed by atoms with Gasteiger partial charge in [-0.2, -0.15) is 0 Å². The summed E-state index contributed by atoms with van der Waals surface area (Å²) in [7, 11) is 0. The van der Waals surface area contributed by atoms with Crippen LogP contribution < -0.4 is 5.32 Å². The van der Waals surface area contributed by atoms with Gasteiger partial charge < -0.3 is 5.32 Å². The molecule has 0 heterocycles. The van der Waals surface area contributed by atoms with Crippen molar-refractivity contribution in [2.75, 3.05) is 0 Å². The number of nitrogens with one attached hydrogen (secondary N) is 1. The van der Waals surface area contributed by atoms with Gasteiger partial charge >= 0.3 is 0 Å². The number of amides is 1. The molecule has 14 heavy (non-hydrogen) atoms. The fourth-order valence-corrected chi connectivity index (χ4v) is 1.75. The molecule has 0 aromatic rings. The van der Waals surface area contributed by atoms with Gasteiger partial charge in [0.1, 0.15) is 5.78 Å².